The van der Waals surface area contributed by atoms with Gasteiger partial charge in [0.2, 0.25) is 0 Å². The molecule has 1 fully saturated rings. The van der Waals surface area contributed by atoms with Crippen LogP contribution in [0.2, 0.25) is 0 Å². The Hall–Kier alpha value is 2.88. The van der Waals surface area contributed by atoms with E-state index in [-0.39, 0.29) is 0 Å². The molecule has 0 aromatic rings. The van der Waals surface area contributed by atoms with Gasteiger partial charge in [-0.2, -0.15) is 0 Å². The monoisotopic (exact) mass is 648 g/mol. The molecule has 108 valence electrons. The van der Waals surface area contributed by atoms with Crippen LogP contribution < -0.4 is 0 Å². The summed E-state index contributed by atoms with van der Waals surface area (Å²) in [7, 11) is 0. The third-order valence-corrected chi connectivity index (χ3v) is 12.0. The average molecular weight is 654 g/mol. The van der Waals surface area contributed by atoms with E-state index >= 15 is 0 Å². The molecular weight excluding hydrogens is 635 g/mol. The summed E-state index contributed by atoms with van der Waals surface area (Å²) in [6, 6.07) is 0. The van der Waals surface area contributed by atoms with Gasteiger partial charge in [0.05, 0.1) is 0 Å². The van der Waals surface area contributed by atoms with E-state index in [0.717, 1.165) is 0 Å². The second kappa shape index (κ2) is 9.81. The molecule has 1 unspecified atom stereocenters. The van der Waals surface area contributed by atoms with Gasteiger partial charge in [-0.3, -0.25) is 0 Å². The highest BCUT2D eigenvalue weighted by Crippen LogP contribution is 2.34. The van der Waals surface area contributed by atoms with E-state index in [1.54, 1.807) is 0 Å². The molecule has 0 radical (unpaired) electrons. The second-order valence-electron chi connectivity index (χ2n) is 4.83. The molecule has 0 saturated heterocycles. The normalized spacial score (nSPS) is 45.0. The molecule has 1 aliphatic carbocycles. The van der Waals surface area contributed by atoms with E-state index in [9.17, 15) is 0 Å². The van der Waals surface area contributed by atoms with Crippen molar-refractivity contribution >= 4 is 95.6 Å². The van der Waals surface area contributed by atoms with Crippen LogP contribution >= 0.6 is 95.6 Å². The Kier molecular flexibility index (Phi) is 10.3. The van der Waals surface area contributed by atoms with Gasteiger partial charge >= 0.3 is 0 Å². The highest BCUT2D eigenvalue weighted by molar-refractivity contribution is 9.13. The molecule has 0 amide bonds. The number of hydrogen-bond acceptors (Lipinski definition) is 0. The maximum absolute atomic E-state index is 3.82. The fourth-order valence-electron chi connectivity index (χ4n) is 2.04. The van der Waals surface area contributed by atoms with Crippen molar-refractivity contribution in [3.8, 4) is 0 Å². The van der Waals surface area contributed by atoms with Crippen molar-refractivity contribution < 1.29 is 0 Å². The molecule has 0 aromatic heterocycles. The third-order valence-electron chi connectivity index (χ3n) is 3.33. The van der Waals surface area contributed by atoms with E-state index in [2.05, 4.69) is 95.6 Å². The van der Waals surface area contributed by atoms with E-state index < -0.39 is 0 Å². The minimum absolute atomic E-state index is 0.560. The van der Waals surface area contributed by atoms with Crippen LogP contribution in [0.3, 0.4) is 0 Å². The molecule has 0 aliphatic heterocycles. The van der Waals surface area contributed by atoms with Crippen molar-refractivity contribution in [2.45, 2.75) is 67.5 Å². The Bertz CT molecular complexity index is 175. The topological polar surface area (TPSA) is 0 Å². The fraction of sp³-hybridized carbons (Fsp3) is 1.00. The molecule has 1 aliphatic rings. The van der Waals surface area contributed by atoms with E-state index in [0.29, 0.717) is 29.0 Å². The molecule has 0 heterocycles. The van der Waals surface area contributed by atoms with Crippen LogP contribution in [0.25, 0.3) is 0 Å². The molecule has 1 rings (SSSR count). The van der Waals surface area contributed by atoms with Gasteiger partial charge < -0.3 is 0 Å². The SMILES string of the molecule is Br[13CH]1[13CH2][13CH2][13C@H](Br)[13C@H](Br)[13CH2][13CH2][13C@@H](Br)[13C@@H](Br)[13CH2][13CH2][13C@@H]1Br. The van der Waals surface area contributed by atoms with Crippen molar-refractivity contribution in [1.82, 2.24) is 0 Å². The molecular formula is C12H18Br6. The minimum Gasteiger partial charge on any atom is -0.0879 e. The lowest BCUT2D eigenvalue weighted by atomic mass is 11.0. The Morgan fingerprint density at radius 1 is 0.333 bits per heavy atom. The van der Waals surface area contributed by atoms with E-state index in [1.807, 2.05) is 0 Å². The summed E-state index contributed by atoms with van der Waals surface area (Å²) in [6.45, 7) is 0. The van der Waals surface area contributed by atoms with Crippen LogP contribution in [0.15, 0.2) is 0 Å². The third kappa shape index (κ3) is 6.76. The predicted molar refractivity (Wildman–Crippen MR) is 104 cm³/mol. The molecule has 0 nitrogen and oxygen atoms in total. The van der Waals surface area contributed by atoms with Crippen molar-refractivity contribution in [1.29, 1.82) is 0 Å². The number of rotatable bonds is 0. The van der Waals surface area contributed by atoms with Crippen LogP contribution in [0, 0.1) is 0 Å². The van der Waals surface area contributed by atoms with Gasteiger partial charge in [-0.15, -0.1) is 0 Å². The molecule has 0 aromatic carbocycles. The zero-order valence-electron chi connectivity index (χ0n) is 9.97. The largest absolute Gasteiger partial charge is 0.0879 e. The number of hydrogen-bond donors (Lipinski definition) is 0. The fourth-order valence-corrected chi connectivity index (χ4v) is 5.21. The standard InChI is InChI=1S/C12H18Br6/c13-7-1-2-8(14)10(16)5-6-12(18)11(17)4-3-9(7)15/h7-12H,1-6H2/t7-,8-,9+,10+,11+,12?/m1/s1/i1+1,2+1,3+1,4+1,5+1,6+1,7+1,8+1,9+1,10+1,11+1,12+1. The second-order valence-corrected chi connectivity index (χ2v) is 11.9. The summed E-state index contributed by atoms with van der Waals surface area (Å²) >= 11 is 22.9. The number of alkyl halides is 6. The van der Waals surface area contributed by atoms with Gasteiger partial charge in [0.1, 0.15) is 0 Å². The highest BCUT2D eigenvalue weighted by atomic mass is 79.9. The Morgan fingerprint density at radius 2 is 0.444 bits per heavy atom. The van der Waals surface area contributed by atoms with E-state index in [1.165, 1.54) is 38.5 Å². The lowest BCUT2D eigenvalue weighted by molar-refractivity contribution is 0.557. The van der Waals surface area contributed by atoms with Gasteiger partial charge in [-0.1, -0.05) is 95.6 Å². The van der Waals surface area contributed by atoms with Gasteiger partial charge in [0, 0.05) is 29.0 Å². The van der Waals surface area contributed by atoms with Crippen molar-refractivity contribution in [3.05, 3.63) is 0 Å². The summed E-state index contributed by atoms with van der Waals surface area (Å²) in [5.41, 5.74) is 0. The van der Waals surface area contributed by atoms with Gasteiger partial charge in [-0.25, -0.2) is 0 Å². The molecule has 6 atom stereocenters. The summed E-state index contributed by atoms with van der Waals surface area (Å²) in [5, 5.41) is 0. The first-order valence-electron chi connectivity index (χ1n) is 6.26. The van der Waals surface area contributed by atoms with Crippen LogP contribution in [0.5, 0.6) is 0 Å². The van der Waals surface area contributed by atoms with Gasteiger partial charge in [-0.05, 0) is 38.5 Å². The van der Waals surface area contributed by atoms with Crippen LogP contribution in [-0.2, 0) is 0 Å². The first-order valence-corrected chi connectivity index (χ1v) is 11.8. The number of halogens is 6. The Morgan fingerprint density at radius 3 is 0.556 bits per heavy atom. The zero-order valence-corrected chi connectivity index (χ0v) is 19.5. The summed E-state index contributed by atoms with van der Waals surface area (Å²) in [4.78, 5) is 3.36. The molecule has 1 saturated carbocycles. The van der Waals surface area contributed by atoms with Crippen LogP contribution in [0.1, 0.15) is 38.5 Å². The van der Waals surface area contributed by atoms with Crippen LogP contribution in [-0.4, -0.2) is 29.0 Å². The Labute approximate surface area is 161 Å². The van der Waals surface area contributed by atoms with Gasteiger partial charge in [0.25, 0.3) is 0 Å². The molecule has 18 heavy (non-hydrogen) atoms. The highest BCUT2D eigenvalue weighted by Gasteiger charge is 2.25. The first kappa shape index (κ1) is 18.9. The Balaban J connectivity index is 2.61. The smallest absolute Gasteiger partial charge is 0.0271 e. The first-order chi connectivity index (χ1) is 8.41. The molecule has 0 spiro atoms. The average Bonchev–Trinajstić information content (AvgIpc) is 2.36. The maximum Gasteiger partial charge on any atom is 0.0271 e. The predicted octanol–water partition coefficient (Wildman–Crippen LogP) is 6.92. The van der Waals surface area contributed by atoms with Crippen molar-refractivity contribution in [2.75, 3.05) is 0 Å². The minimum atomic E-state index is 0.560. The van der Waals surface area contributed by atoms with Crippen molar-refractivity contribution in [3.63, 3.8) is 0 Å². The van der Waals surface area contributed by atoms with Gasteiger partial charge in [0.15, 0.2) is 0 Å². The molecule has 0 N–H and O–H groups in total. The zero-order chi connectivity index (χ0) is 13.7. The summed E-state index contributed by atoms with van der Waals surface area (Å²) in [5.74, 6) is 0. The maximum atomic E-state index is 3.82. The summed E-state index contributed by atoms with van der Waals surface area (Å²) in [6.07, 6.45) is 7.24. The van der Waals surface area contributed by atoms with Crippen LogP contribution in [0.4, 0.5) is 0 Å². The lowest BCUT2D eigenvalue weighted by Crippen LogP contribution is -2.25. The van der Waals surface area contributed by atoms with E-state index in [4.69, 9.17) is 0 Å². The molecule has 6 heteroatoms. The quantitative estimate of drug-likeness (QED) is 0.197. The summed E-state index contributed by atoms with van der Waals surface area (Å²) < 4.78 is 0. The molecule has 0 bridgehead atoms. The van der Waals surface area contributed by atoms with Crippen molar-refractivity contribution in [2.24, 2.45) is 0 Å². The lowest BCUT2D eigenvalue weighted by Gasteiger charge is -2.25.